The van der Waals surface area contributed by atoms with Crippen LogP contribution in [0.5, 0.6) is 0 Å². The average molecular weight is 278 g/mol. The summed E-state index contributed by atoms with van der Waals surface area (Å²) in [6.07, 6.45) is -0.865. The second-order valence-corrected chi connectivity index (χ2v) is 8.70. The van der Waals surface area contributed by atoms with Crippen LogP contribution in [0.15, 0.2) is 0 Å². The van der Waals surface area contributed by atoms with Gasteiger partial charge < -0.3 is 9.84 Å². The van der Waals surface area contributed by atoms with Gasteiger partial charge in [-0.05, 0) is 26.2 Å². The number of hydrogen-bond donors (Lipinski definition) is 1. The van der Waals surface area contributed by atoms with Gasteiger partial charge in [0.1, 0.15) is 0 Å². The molecule has 6 heteroatoms. The van der Waals surface area contributed by atoms with Crippen molar-refractivity contribution < 1.29 is 23.1 Å². The zero-order chi connectivity index (χ0) is 14.4. The lowest BCUT2D eigenvalue weighted by molar-refractivity contribution is -0.160. The number of methoxy groups -OCH3 is 1. The van der Waals surface area contributed by atoms with Crippen LogP contribution in [0.2, 0.25) is 0 Å². The molecule has 0 radical (unpaired) electrons. The fourth-order valence-corrected chi connectivity index (χ4v) is 4.90. The summed E-state index contributed by atoms with van der Waals surface area (Å²) in [5.41, 5.74) is -0.847. The van der Waals surface area contributed by atoms with Gasteiger partial charge in [0.15, 0.2) is 15.9 Å². The zero-order valence-electron chi connectivity index (χ0n) is 11.6. The number of sulfone groups is 1. The predicted octanol–water partition coefficient (Wildman–Crippen LogP) is 0.760. The molecule has 1 heterocycles. The predicted molar refractivity (Wildman–Crippen MR) is 67.8 cm³/mol. The van der Waals surface area contributed by atoms with Crippen molar-refractivity contribution in [3.8, 4) is 0 Å². The minimum absolute atomic E-state index is 0.0992. The van der Waals surface area contributed by atoms with Crippen LogP contribution in [0.3, 0.4) is 0 Å². The van der Waals surface area contributed by atoms with Crippen LogP contribution in [0.4, 0.5) is 0 Å². The molecule has 1 aliphatic rings. The number of carbonyl (C=O) groups excluding carboxylic acids is 1. The van der Waals surface area contributed by atoms with Gasteiger partial charge in [-0.3, -0.25) is 0 Å². The molecule has 5 nitrogen and oxygen atoms in total. The third-order valence-corrected chi connectivity index (χ3v) is 7.00. The quantitative estimate of drug-likeness (QED) is 0.771. The van der Waals surface area contributed by atoms with Crippen molar-refractivity contribution in [3.05, 3.63) is 0 Å². The summed E-state index contributed by atoms with van der Waals surface area (Å²) in [7, 11) is -1.98. The molecule has 0 amide bonds. The van der Waals surface area contributed by atoms with Gasteiger partial charge in [0.05, 0.1) is 17.6 Å². The average Bonchev–Trinajstić information content (AvgIpc) is 2.46. The third-order valence-electron chi connectivity index (χ3n) is 4.34. The third kappa shape index (κ3) is 2.16. The minimum atomic E-state index is -3.19. The van der Waals surface area contributed by atoms with Crippen molar-refractivity contribution in [2.75, 3.05) is 12.9 Å². The molecule has 2 unspecified atom stereocenters. The van der Waals surface area contributed by atoms with Crippen molar-refractivity contribution in [1.82, 2.24) is 0 Å². The van der Waals surface area contributed by atoms with E-state index in [-0.39, 0.29) is 11.7 Å². The molecule has 0 aromatic carbocycles. The molecule has 1 rings (SSSR count). The first-order valence-corrected chi connectivity index (χ1v) is 7.62. The maximum atomic E-state index is 12.0. The van der Waals surface area contributed by atoms with Gasteiger partial charge in [0.2, 0.25) is 0 Å². The zero-order valence-corrected chi connectivity index (χ0v) is 12.4. The number of rotatable bonds is 3. The van der Waals surface area contributed by atoms with Gasteiger partial charge in [-0.15, -0.1) is 0 Å². The van der Waals surface area contributed by atoms with Crippen LogP contribution in [-0.2, 0) is 19.4 Å². The molecule has 0 aliphatic carbocycles. The molecule has 2 atom stereocenters. The maximum absolute atomic E-state index is 12.0. The monoisotopic (exact) mass is 278 g/mol. The lowest BCUT2D eigenvalue weighted by Gasteiger charge is -2.40. The molecule has 0 bridgehead atoms. The number of ether oxygens (including phenoxy) is 1. The highest BCUT2D eigenvalue weighted by molar-refractivity contribution is 7.93. The van der Waals surface area contributed by atoms with E-state index < -0.39 is 32.1 Å². The molecule has 106 valence electrons. The van der Waals surface area contributed by atoms with Gasteiger partial charge in [-0.2, -0.15) is 0 Å². The van der Waals surface area contributed by atoms with Crippen LogP contribution in [0.25, 0.3) is 0 Å². The van der Waals surface area contributed by atoms with Gasteiger partial charge in [0, 0.05) is 5.41 Å². The van der Waals surface area contributed by atoms with Crippen LogP contribution >= 0.6 is 0 Å². The van der Waals surface area contributed by atoms with Gasteiger partial charge in [-0.1, -0.05) is 13.8 Å². The number of aliphatic hydroxyl groups is 1. The Morgan fingerprint density at radius 1 is 1.44 bits per heavy atom. The standard InChI is InChI=1S/C12H22O5S/c1-11(2,9(13)10(14)17-5)8-6-7-18(15,16)12(8,3)4/h8-9,13H,6-7H2,1-5H3. The molecule has 1 aliphatic heterocycles. The molecule has 0 spiro atoms. The van der Waals surface area contributed by atoms with E-state index in [1.165, 1.54) is 7.11 Å². The van der Waals surface area contributed by atoms with E-state index in [1.807, 2.05) is 0 Å². The van der Waals surface area contributed by atoms with Crippen molar-refractivity contribution >= 4 is 15.8 Å². The largest absolute Gasteiger partial charge is 0.467 e. The lowest BCUT2D eigenvalue weighted by Crippen LogP contribution is -2.49. The van der Waals surface area contributed by atoms with E-state index in [9.17, 15) is 18.3 Å². The second kappa shape index (κ2) is 4.49. The van der Waals surface area contributed by atoms with E-state index in [1.54, 1.807) is 27.7 Å². The van der Waals surface area contributed by atoms with Crippen LogP contribution in [-0.4, -0.2) is 43.2 Å². The normalized spacial score (nSPS) is 27.8. The number of hydrogen-bond acceptors (Lipinski definition) is 5. The van der Waals surface area contributed by atoms with Crippen molar-refractivity contribution in [2.45, 2.75) is 45.0 Å². The molecule has 1 N–H and O–H groups in total. The maximum Gasteiger partial charge on any atom is 0.335 e. The molecule has 0 aromatic rings. The van der Waals surface area contributed by atoms with Crippen LogP contribution in [0, 0.1) is 11.3 Å². The fraction of sp³-hybridized carbons (Fsp3) is 0.917. The molecule has 0 aromatic heterocycles. The summed E-state index contributed by atoms with van der Waals surface area (Å²) in [5.74, 6) is -0.911. The lowest BCUT2D eigenvalue weighted by atomic mass is 9.68. The topological polar surface area (TPSA) is 80.7 Å². The fourth-order valence-electron chi connectivity index (χ4n) is 2.97. The Hall–Kier alpha value is -0.620. The highest BCUT2D eigenvalue weighted by Crippen LogP contribution is 2.48. The first-order chi connectivity index (χ1) is 7.98. The van der Waals surface area contributed by atoms with Crippen molar-refractivity contribution in [1.29, 1.82) is 0 Å². The van der Waals surface area contributed by atoms with E-state index >= 15 is 0 Å². The Morgan fingerprint density at radius 2 is 1.94 bits per heavy atom. The molecular formula is C12H22O5S. The summed E-state index contributed by atoms with van der Waals surface area (Å²) in [4.78, 5) is 11.5. The first kappa shape index (κ1) is 15.4. The molecule has 18 heavy (non-hydrogen) atoms. The molecule has 1 saturated heterocycles. The Kier molecular flexibility index (Phi) is 3.85. The van der Waals surface area contributed by atoms with Crippen molar-refractivity contribution in [2.24, 2.45) is 11.3 Å². The van der Waals surface area contributed by atoms with E-state index in [0.717, 1.165) is 0 Å². The Labute approximate surface area is 108 Å². The molecule has 1 fully saturated rings. The van der Waals surface area contributed by atoms with Gasteiger partial charge >= 0.3 is 5.97 Å². The first-order valence-electron chi connectivity index (χ1n) is 5.96. The van der Waals surface area contributed by atoms with E-state index in [2.05, 4.69) is 4.74 Å². The summed E-state index contributed by atoms with van der Waals surface area (Å²) in [6, 6.07) is 0. The van der Waals surface area contributed by atoms with Gasteiger partial charge in [0.25, 0.3) is 0 Å². The minimum Gasteiger partial charge on any atom is -0.467 e. The molecular weight excluding hydrogens is 256 g/mol. The van der Waals surface area contributed by atoms with Crippen molar-refractivity contribution in [3.63, 3.8) is 0 Å². The number of esters is 1. The van der Waals surface area contributed by atoms with E-state index in [4.69, 9.17) is 0 Å². The summed E-state index contributed by atoms with van der Waals surface area (Å²) in [5, 5.41) is 10.0. The number of carbonyl (C=O) groups is 1. The van der Waals surface area contributed by atoms with E-state index in [0.29, 0.717) is 6.42 Å². The van der Waals surface area contributed by atoms with Crippen LogP contribution < -0.4 is 0 Å². The summed E-state index contributed by atoms with van der Waals surface area (Å²) >= 11 is 0. The number of aliphatic hydroxyl groups excluding tert-OH is 1. The molecule has 0 saturated carbocycles. The Balaban J connectivity index is 3.11. The van der Waals surface area contributed by atoms with Gasteiger partial charge in [-0.25, -0.2) is 13.2 Å². The second-order valence-electron chi connectivity index (χ2n) is 6.01. The Bertz CT molecular complexity index is 435. The summed E-state index contributed by atoms with van der Waals surface area (Å²) < 4.78 is 27.6. The SMILES string of the molecule is COC(=O)C(O)C(C)(C)C1CCS(=O)(=O)C1(C)C. The Morgan fingerprint density at radius 3 is 2.28 bits per heavy atom. The van der Waals surface area contributed by atoms with Crippen LogP contribution in [0.1, 0.15) is 34.1 Å². The highest BCUT2D eigenvalue weighted by atomic mass is 32.2. The smallest absolute Gasteiger partial charge is 0.335 e. The highest BCUT2D eigenvalue weighted by Gasteiger charge is 2.56. The summed E-state index contributed by atoms with van der Waals surface area (Å²) in [6.45, 7) is 6.74.